The number of aromatic nitrogens is 3. The molecule has 4 bridgehead atoms. The van der Waals surface area contributed by atoms with Crippen LogP contribution in [0.2, 0.25) is 0 Å². The summed E-state index contributed by atoms with van der Waals surface area (Å²) in [4.78, 5) is 40.6. The summed E-state index contributed by atoms with van der Waals surface area (Å²) in [7, 11) is 0. The molecule has 4 aliphatic carbocycles. The Kier molecular flexibility index (Phi) is 6.55. The number of para-hydroxylation sites is 1. The van der Waals surface area contributed by atoms with E-state index in [4.69, 9.17) is 4.98 Å². The van der Waals surface area contributed by atoms with E-state index in [1.165, 1.54) is 17.5 Å². The maximum atomic E-state index is 14.3. The van der Waals surface area contributed by atoms with Crippen LogP contribution in [0, 0.1) is 37.5 Å². The molecule has 4 aromatic rings. The lowest BCUT2D eigenvalue weighted by Crippen LogP contribution is -2.68. The van der Waals surface area contributed by atoms with Crippen LogP contribution < -0.4 is 5.32 Å². The number of aromatic amines is 2. The van der Waals surface area contributed by atoms with Crippen molar-refractivity contribution in [3.05, 3.63) is 65.1 Å². The van der Waals surface area contributed by atoms with E-state index in [1.54, 1.807) is 4.90 Å². The number of carboxylic acid groups (broad SMARTS) is 1. The van der Waals surface area contributed by atoms with Gasteiger partial charge in [0, 0.05) is 42.5 Å². The molecule has 8 nitrogen and oxygen atoms in total. The maximum absolute atomic E-state index is 14.3. The highest BCUT2D eigenvalue weighted by molar-refractivity contribution is 5.91. The maximum Gasteiger partial charge on any atom is 0.408 e. The minimum Gasteiger partial charge on any atom is -0.465 e. The molecule has 2 amide bonds. The van der Waals surface area contributed by atoms with Crippen LogP contribution in [0.4, 0.5) is 4.79 Å². The van der Waals surface area contributed by atoms with Crippen molar-refractivity contribution in [2.75, 3.05) is 6.54 Å². The van der Waals surface area contributed by atoms with E-state index < -0.39 is 11.6 Å². The Morgan fingerprint density at radius 3 is 2.43 bits per heavy atom. The molecule has 8 rings (SSSR count). The van der Waals surface area contributed by atoms with E-state index in [-0.39, 0.29) is 11.9 Å². The van der Waals surface area contributed by atoms with Gasteiger partial charge < -0.3 is 20.4 Å². The molecule has 2 heterocycles. The minimum absolute atomic E-state index is 0.127. The number of amides is 2. The number of aryl methyl sites for hydroxylation is 2. The van der Waals surface area contributed by atoms with Crippen molar-refractivity contribution >= 4 is 33.9 Å². The standard InChI is InChI=1S/C34H41N5O3/c1-19-10-28-29(11-20(19)2)38-30(37-28)8-9-35-32(40)34(3,17-25-18-36-27-7-5-4-6-26(25)27)39(33(41)42)31-23-13-21-12-22(15-23)16-24(31)14-21/h4-7,10-11,18,21-24,31,36H,8-9,12-17H2,1-3H3,(H,35,40)(H,37,38)(H,41,42). The first kappa shape index (κ1) is 27.0. The molecular formula is C34H41N5O3. The average molecular weight is 568 g/mol. The number of carbonyl (C=O) groups is 2. The van der Waals surface area contributed by atoms with Gasteiger partial charge in [-0.2, -0.15) is 0 Å². The van der Waals surface area contributed by atoms with Crippen LogP contribution in [0.3, 0.4) is 0 Å². The highest BCUT2D eigenvalue weighted by Crippen LogP contribution is 2.56. The fraction of sp³-hybridized carbons (Fsp3) is 0.500. The number of nitrogens with one attached hydrogen (secondary N) is 3. The third-order valence-corrected chi connectivity index (χ3v) is 10.7. The molecule has 4 fully saturated rings. The Balaban J connectivity index is 1.18. The predicted molar refractivity (Wildman–Crippen MR) is 163 cm³/mol. The van der Waals surface area contributed by atoms with Gasteiger partial charge in [0.2, 0.25) is 5.91 Å². The number of nitrogens with zero attached hydrogens (tertiary/aromatic N) is 2. The Hall–Kier alpha value is -3.81. The number of benzene rings is 2. The van der Waals surface area contributed by atoms with Crippen molar-refractivity contribution < 1.29 is 14.7 Å². The molecule has 1 atom stereocenters. The largest absolute Gasteiger partial charge is 0.465 e. The SMILES string of the molecule is Cc1cc2nc(CCNC(=O)C(C)(Cc3c[nH]c4ccccc34)N(C(=O)O)C3C4CC5CC(C4)CC3C5)[nH]c2cc1C. The lowest BCUT2D eigenvalue weighted by atomic mass is 9.53. The number of H-pyrrole nitrogens is 2. The predicted octanol–water partition coefficient (Wildman–Crippen LogP) is 6.13. The molecule has 0 saturated heterocycles. The van der Waals surface area contributed by atoms with Crippen LogP contribution >= 0.6 is 0 Å². The molecule has 0 aliphatic heterocycles. The monoisotopic (exact) mass is 567 g/mol. The third-order valence-electron chi connectivity index (χ3n) is 10.7. The van der Waals surface area contributed by atoms with Crippen molar-refractivity contribution in [2.24, 2.45) is 23.7 Å². The summed E-state index contributed by atoms with van der Waals surface area (Å²) in [6.45, 7) is 6.38. The van der Waals surface area contributed by atoms with Crippen LogP contribution in [0.15, 0.2) is 42.6 Å². The first-order valence-electron chi connectivity index (χ1n) is 15.5. The highest BCUT2D eigenvalue weighted by atomic mass is 16.4. The zero-order valence-corrected chi connectivity index (χ0v) is 24.7. The summed E-state index contributed by atoms with van der Waals surface area (Å²) >= 11 is 0. The number of imidazole rings is 1. The smallest absolute Gasteiger partial charge is 0.408 e. The van der Waals surface area contributed by atoms with Gasteiger partial charge in [0.1, 0.15) is 11.4 Å². The molecule has 4 saturated carbocycles. The zero-order chi connectivity index (χ0) is 29.2. The molecule has 8 heteroatoms. The fourth-order valence-electron chi connectivity index (χ4n) is 8.83. The summed E-state index contributed by atoms with van der Waals surface area (Å²) in [5, 5.41) is 15.0. The second-order valence-corrected chi connectivity index (χ2v) is 13.5. The van der Waals surface area contributed by atoms with Gasteiger partial charge in [-0.15, -0.1) is 0 Å². The number of rotatable bonds is 8. The fourth-order valence-corrected chi connectivity index (χ4v) is 8.83. The van der Waals surface area contributed by atoms with Crippen molar-refractivity contribution in [1.29, 1.82) is 0 Å². The normalized spacial score (nSPS) is 26.0. The number of fused-ring (bicyclic) bond motifs is 2. The van der Waals surface area contributed by atoms with Crippen LogP contribution in [-0.2, 0) is 17.6 Å². The van der Waals surface area contributed by atoms with Crippen molar-refractivity contribution in [3.8, 4) is 0 Å². The van der Waals surface area contributed by atoms with E-state index in [2.05, 4.69) is 41.3 Å². The van der Waals surface area contributed by atoms with Gasteiger partial charge >= 0.3 is 6.09 Å². The second kappa shape index (κ2) is 10.2. The van der Waals surface area contributed by atoms with Gasteiger partial charge in [-0.1, -0.05) is 18.2 Å². The number of hydrogen-bond donors (Lipinski definition) is 4. The van der Waals surface area contributed by atoms with E-state index in [0.717, 1.165) is 59.0 Å². The minimum atomic E-state index is -1.26. The van der Waals surface area contributed by atoms with E-state index in [0.29, 0.717) is 43.1 Å². The number of hydrogen-bond acceptors (Lipinski definition) is 3. The van der Waals surface area contributed by atoms with Crippen LogP contribution in [0.5, 0.6) is 0 Å². The summed E-state index contributed by atoms with van der Waals surface area (Å²) < 4.78 is 0. The Bertz CT molecular complexity index is 1600. The highest BCUT2D eigenvalue weighted by Gasteiger charge is 2.56. The lowest BCUT2D eigenvalue weighted by Gasteiger charge is -2.59. The Morgan fingerprint density at radius 2 is 1.71 bits per heavy atom. The van der Waals surface area contributed by atoms with Crippen molar-refractivity contribution in [1.82, 2.24) is 25.2 Å². The molecule has 2 aromatic heterocycles. The van der Waals surface area contributed by atoms with Gasteiger partial charge in [-0.05, 0) is 111 Å². The topological polar surface area (TPSA) is 114 Å². The third kappa shape index (κ3) is 4.56. The average Bonchev–Trinajstić information content (AvgIpc) is 3.53. The molecule has 220 valence electrons. The van der Waals surface area contributed by atoms with Gasteiger partial charge in [-0.25, -0.2) is 9.78 Å². The first-order valence-corrected chi connectivity index (χ1v) is 15.5. The summed E-state index contributed by atoms with van der Waals surface area (Å²) in [6.07, 6.45) is 7.40. The molecule has 42 heavy (non-hydrogen) atoms. The van der Waals surface area contributed by atoms with Crippen LogP contribution in [-0.4, -0.2) is 55.1 Å². The van der Waals surface area contributed by atoms with Gasteiger partial charge in [0.05, 0.1) is 11.0 Å². The molecule has 0 spiro atoms. The molecule has 0 radical (unpaired) electrons. The van der Waals surface area contributed by atoms with Crippen molar-refractivity contribution in [3.63, 3.8) is 0 Å². The van der Waals surface area contributed by atoms with E-state index in [1.807, 2.05) is 37.4 Å². The number of carbonyl (C=O) groups excluding carboxylic acids is 1. The molecule has 1 unspecified atom stereocenters. The van der Waals surface area contributed by atoms with Gasteiger partial charge in [-0.3, -0.25) is 9.69 Å². The second-order valence-electron chi connectivity index (χ2n) is 13.5. The van der Waals surface area contributed by atoms with Crippen molar-refractivity contribution in [2.45, 2.75) is 77.3 Å². The quantitative estimate of drug-likeness (QED) is 0.205. The van der Waals surface area contributed by atoms with E-state index in [9.17, 15) is 14.7 Å². The van der Waals surface area contributed by atoms with Crippen LogP contribution in [0.1, 0.15) is 61.5 Å². The molecule has 4 N–H and O–H groups in total. The summed E-state index contributed by atoms with van der Waals surface area (Å²) in [5.41, 5.74) is 4.99. The molecular weight excluding hydrogens is 526 g/mol. The summed E-state index contributed by atoms with van der Waals surface area (Å²) in [6, 6.07) is 12.1. The van der Waals surface area contributed by atoms with Gasteiger partial charge in [0.15, 0.2) is 0 Å². The van der Waals surface area contributed by atoms with Crippen LogP contribution in [0.25, 0.3) is 21.9 Å². The Labute approximate surface area is 246 Å². The molecule has 4 aliphatic rings. The Morgan fingerprint density at radius 1 is 1.02 bits per heavy atom. The lowest BCUT2D eigenvalue weighted by molar-refractivity contribution is -0.140. The molecule has 2 aromatic carbocycles. The van der Waals surface area contributed by atoms with E-state index >= 15 is 0 Å². The summed E-state index contributed by atoms with van der Waals surface area (Å²) in [5.74, 6) is 2.65. The zero-order valence-electron chi connectivity index (χ0n) is 24.7. The first-order chi connectivity index (χ1) is 20.2. The van der Waals surface area contributed by atoms with Gasteiger partial charge in [0.25, 0.3) is 0 Å².